The lowest BCUT2D eigenvalue weighted by Gasteiger charge is -2.39. The van der Waals surface area contributed by atoms with E-state index in [0.717, 1.165) is 12.1 Å². The Hall–Kier alpha value is -3.20. The largest absolute Gasteiger partial charge is 0.391 e. The van der Waals surface area contributed by atoms with Crippen molar-refractivity contribution >= 4 is 23.6 Å². The fourth-order valence-electron chi connectivity index (χ4n) is 6.73. The van der Waals surface area contributed by atoms with Crippen molar-refractivity contribution in [3.8, 4) is 0 Å². The highest BCUT2D eigenvalue weighted by molar-refractivity contribution is 5.87. The van der Waals surface area contributed by atoms with Gasteiger partial charge in [0.2, 0.25) is 23.6 Å². The van der Waals surface area contributed by atoms with E-state index in [9.17, 15) is 33.1 Å². The number of rotatable bonds is 19. The van der Waals surface area contributed by atoms with Crippen LogP contribution in [0.25, 0.3) is 0 Å². The number of amides is 4. The van der Waals surface area contributed by atoms with Gasteiger partial charge in [-0.1, -0.05) is 47.1 Å². The molecule has 12 nitrogen and oxygen atoms in total. The molecule has 0 aromatic heterocycles. The third-order valence-corrected chi connectivity index (χ3v) is 9.74. The van der Waals surface area contributed by atoms with Gasteiger partial charge in [-0.15, -0.1) is 0 Å². The first-order valence-corrected chi connectivity index (χ1v) is 17.1. The van der Waals surface area contributed by atoms with Gasteiger partial charge in [0.15, 0.2) is 0 Å². The monoisotopic (exact) mass is 697 g/mol. The lowest BCUT2D eigenvalue weighted by molar-refractivity contribution is -0.145. The molecule has 0 bridgehead atoms. The summed E-state index contributed by atoms with van der Waals surface area (Å²) in [4.78, 5) is 56.0. The van der Waals surface area contributed by atoms with Gasteiger partial charge in [0, 0.05) is 39.9 Å². The molecule has 4 amide bonds. The number of nitrogens with one attached hydrogen (secondary N) is 3. The molecule has 0 radical (unpaired) electrons. The predicted molar refractivity (Wildman–Crippen MR) is 181 cm³/mol. The number of halogens is 2. The zero-order chi connectivity index (χ0) is 37.0. The molecule has 1 fully saturated rings. The average Bonchev–Trinajstić information content (AvgIpc) is 3.45. The highest BCUT2D eigenvalue weighted by Gasteiger charge is 2.44. The smallest absolute Gasteiger partial charge is 0.242 e. The molecule has 8 atom stereocenters. The van der Waals surface area contributed by atoms with E-state index in [1.54, 1.807) is 21.0 Å². The molecule has 4 N–H and O–H groups in total. The number of aliphatic hydroxyl groups is 1. The topological polar surface area (TPSA) is 150 Å². The summed E-state index contributed by atoms with van der Waals surface area (Å²) in [6, 6.07) is 1.97. The van der Waals surface area contributed by atoms with Gasteiger partial charge in [0.1, 0.15) is 11.6 Å². The van der Waals surface area contributed by atoms with Crippen molar-refractivity contribution in [1.29, 1.82) is 0 Å². The molecule has 0 saturated carbocycles. The summed E-state index contributed by atoms with van der Waals surface area (Å²) in [5.74, 6) is -3.59. The second-order valence-corrected chi connectivity index (χ2v) is 13.3. The number of β-amino-alcohol motifs (C(OH)–C–C–N with tert-alkyl or cyclic N) is 1. The molecule has 0 aliphatic carbocycles. The highest BCUT2D eigenvalue weighted by atomic mass is 19.1. The molecule has 1 aromatic rings. The Morgan fingerprint density at radius 2 is 1.67 bits per heavy atom. The summed E-state index contributed by atoms with van der Waals surface area (Å²) in [7, 11) is 6.21. The van der Waals surface area contributed by atoms with E-state index in [1.165, 1.54) is 30.1 Å². The zero-order valence-electron chi connectivity index (χ0n) is 30.4. The third-order valence-electron chi connectivity index (χ3n) is 9.74. The molecular formula is C35H57F2N5O7. The minimum atomic E-state index is -0.850. The first-order chi connectivity index (χ1) is 23.1. The second-order valence-electron chi connectivity index (χ2n) is 13.3. The van der Waals surface area contributed by atoms with Crippen LogP contribution in [0.15, 0.2) is 18.2 Å². The van der Waals surface area contributed by atoms with Crippen molar-refractivity contribution in [1.82, 2.24) is 25.8 Å². The van der Waals surface area contributed by atoms with E-state index in [0.29, 0.717) is 6.42 Å². The minimum Gasteiger partial charge on any atom is -0.391 e. The molecule has 14 heteroatoms. The fraction of sp³-hybridized carbons (Fsp3) is 0.714. The molecule has 1 aromatic carbocycles. The van der Waals surface area contributed by atoms with E-state index in [-0.39, 0.29) is 74.0 Å². The van der Waals surface area contributed by atoms with Crippen LogP contribution in [-0.4, -0.2) is 123 Å². The molecule has 1 heterocycles. The van der Waals surface area contributed by atoms with Crippen LogP contribution < -0.4 is 16.0 Å². The van der Waals surface area contributed by atoms with Crippen LogP contribution >= 0.6 is 0 Å². The summed E-state index contributed by atoms with van der Waals surface area (Å²) in [5, 5.41) is 19.0. The van der Waals surface area contributed by atoms with Gasteiger partial charge in [-0.05, 0) is 43.9 Å². The van der Waals surface area contributed by atoms with Crippen molar-refractivity contribution in [3.05, 3.63) is 35.4 Å². The van der Waals surface area contributed by atoms with E-state index >= 15 is 0 Å². The van der Waals surface area contributed by atoms with Crippen molar-refractivity contribution < 1.29 is 42.5 Å². The van der Waals surface area contributed by atoms with Gasteiger partial charge >= 0.3 is 0 Å². The number of hydrogen-bond acceptors (Lipinski definition) is 8. The molecular weight excluding hydrogens is 640 g/mol. The van der Waals surface area contributed by atoms with Gasteiger partial charge in [0.25, 0.3) is 0 Å². The molecule has 1 aliphatic heterocycles. The van der Waals surface area contributed by atoms with Crippen LogP contribution in [0.1, 0.15) is 59.4 Å². The van der Waals surface area contributed by atoms with Gasteiger partial charge < -0.3 is 40.3 Å². The Kier molecular flexibility index (Phi) is 17.0. The van der Waals surface area contributed by atoms with E-state index in [4.69, 9.17) is 9.47 Å². The molecule has 49 heavy (non-hydrogen) atoms. The third kappa shape index (κ3) is 11.1. The van der Waals surface area contributed by atoms with E-state index < -0.39 is 59.9 Å². The van der Waals surface area contributed by atoms with Gasteiger partial charge in [-0.2, -0.15) is 0 Å². The summed E-state index contributed by atoms with van der Waals surface area (Å²) < 4.78 is 39.6. The zero-order valence-corrected chi connectivity index (χ0v) is 30.4. The predicted octanol–water partition coefficient (Wildman–Crippen LogP) is 1.87. The normalized spacial score (nSPS) is 19.9. The number of likely N-dealkylation sites (tertiary alicyclic amines) is 1. The summed E-state index contributed by atoms with van der Waals surface area (Å²) in [5.41, 5.74) is -0.122. The lowest BCUT2D eigenvalue weighted by atomic mass is 9.90. The summed E-state index contributed by atoms with van der Waals surface area (Å²) in [6.07, 6.45) is -1.66. The van der Waals surface area contributed by atoms with Gasteiger partial charge in [-0.3, -0.25) is 19.2 Å². The first kappa shape index (κ1) is 42.0. The minimum absolute atomic E-state index is 0.0103. The molecule has 1 saturated heterocycles. The summed E-state index contributed by atoms with van der Waals surface area (Å²) >= 11 is 0. The number of carbonyl (C=O) groups is 4. The maximum atomic E-state index is 14.0. The number of methoxy groups -OCH3 is 2. The number of benzene rings is 1. The van der Waals surface area contributed by atoms with Crippen LogP contribution in [0, 0.1) is 29.4 Å². The average molecular weight is 698 g/mol. The van der Waals surface area contributed by atoms with Crippen molar-refractivity contribution in [2.45, 2.75) is 96.7 Å². The van der Waals surface area contributed by atoms with Crippen LogP contribution in [0.5, 0.6) is 0 Å². The quantitative estimate of drug-likeness (QED) is 0.171. The fourth-order valence-corrected chi connectivity index (χ4v) is 6.73. The number of hydrogen-bond donors (Lipinski definition) is 4. The van der Waals surface area contributed by atoms with Gasteiger partial charge in [-0.25, -0.2) is 8.78 Å². The maximum Gasteiger partial charge on any atom is 0.242 e. The number of ether oxygens (including phenoxy) is 2. The number of aliphatic hydroxyl groups excluding tert-OH is 1. The Bertz CT molecular complexity index is 1230. The Morgan fingerprint density at radius 3 is 2.20 bits per heavy atom. The van der Waals surface area contributed by atoms with E-state index in [2.05, 4.69) is 16.0 Å². The second kappa shape index (κ2) is 19.9. The molecule has 0 spiro atoms. The van der Waals surface area contributed by atoms with Crippen LogP contribution in [-0.2, 0) is 35.1 Å². The SMILES string of the molecule is CC[C@H](C)C([C@@H](CC(=O)N1C[C@@H](O)C[C@H]1[C@H](OC)[C@@H](C)C(=O)NCCc1c(F)cccc1F)OC)N(C)C(=O)CNC(=O)C(NC)C(C)C. The molecule has 2 rings (SSSR count). The Balaban J connectivity index is 2.15. The standard InChI is InChI=1S/C35H57F2N5O7/c1-10-21(4)32(41(7)30(45)18-40-35(47)31(38-6)20(2)3)28(48-8)17-29(44)42-19-23(43)16-27(42)33(49-9)22(5)34(46)39-15-14-24-25(36)12-11-13-26(24)37/h11-13,20-23,27-28,31-33,38,43H,10,14-19H2,1-9H3,(H,39,46)(H,40,47)/t21-,22+,23-,27-,28+,31?,32?,33+/m0/s1. The Morgan fingerprint density at radius 1 is 1.04 bits per heavy atom. The Labute approximate surface area is 289 Å². The van der Waals surface area contributed by atoms with Gasteiger partial charge in [0.05, 0.1) is 55.3 Å². The van der Waals surface area contributed by atoms with E-state index in [1.807, 2.05) is 27.7 Å². The van der Waals surface area contributed by atoms with Crippen molar-refractivity contribution in [2.24, 2.45) is 17.8 Å². The first-order valence-electron chi connectivity index (χ1n) is 17.1. The highest BCUT2D eigenvalue weighted by Crippen LogP contribution is 2.29. The number of nitrogens with zero attached hydrogens (tertiary/aromatic N) is 2. The number of likely N-dealkylation sites (N-methyl/N-ethyl adjacent to an activating group) is 2. The van der Waals surface area contributed by atoms with Crippen LogP contribution in [0.2, 0.25) is 0 Å². The molecule has 2 unspecified atom stereocenters. The van der Waals surface area contributed by atoms with Crippen LogP contribution in [0.4, 0.5) is 8.78 Å². The number of carbonyl (C=O) groups excluding carboxylic acids is 4. The van der Waals surface area contributed by atoms with Crippen molar-refractivity contribution in [3.63, 3.8) is 0 Å². The van der Waals surface area contributed by atoms with Crippen molar-refractivity contribution in [2.75, 3.05) is 47.9 Å². The molecule has 278 valence electrons. The lowest BCUT2D eigenvalue weighted by Crippen LogP contribution is -2.55. The van der Waals surface area contributed by atoms with Crippen LogP contribution in [0.3, 0.4) is 0 Å². The molecule has 1 aliphatic rings. The maximum absolute atomic E-state index is 14.0. The summed E-state index contributed by atoms with van der Waals surface area (Å²) in [6.45, 7) is 9.18.